The van der Waals surface area contributed by atoms with Gasteiger partial charge in [0.2, 0.25) is 5.91 Å². The summed E-state index contributed by atoms with van der Waals surface area (Å²) in [5.74, 6) is 0.355. The molecule has 2 aromatic carbocycles. The lowest BCUT2D eigenvalue weighted by atomic mass is 10.2. The van der Waals surface area contributed by atoms with Crippen LogP contribution in [0.1, 0.15) is 30.0 Å². The molecule has 1 heterocycles. The normalized spacial score (nSPS) is 10.7. The summed E-state index contributed by atoms with van der Waals surface area (Å²) in [5.41, 5.74) is 2.91. The van der Waals surface area contributed by atoms with E-state index in [-0.39, 0.29) is 18.4 Å². The maximum absolute atomic E-state index is 12.5. The number of carbonyl (C=O) groups is 2. The lowest BCUT2D eigenvalue weighted by Crippen LogP contribution is -2.20. The molecular weight excluding hydrogens is 330 g/mol. The van der Waals surface area contributed by atoms with Crippen LogP contribution in [0.25, 0.3) is 11.0 Å². The fourth-order valence-electron chi connectivity index (χ4n) is 2.82. The topological polar surface area (TPSA) is 73.2 Å². The standard InChI is InChI=1S/C20H21N3O3/c1-3-18-22-16-7-5-6-8-17(16)23(18)13-19(24)21-15-11-9-14(10-12-15)20(25)26-4-2/h5-12H,3-4,13H2,1-2H3,(H,21,24). The third-order valence-electron chi connectivity index (χ3n) is 4.03. The SMILES string of the molecule is CCOC(=O)c1ccc(NC(=O)Cn2c(CC)nc3ccccc32)cc1. The molecule has 1 amide bonds. The number of nitrogens with one attached hydrogen (secondary N) is 1. The second kappa shape index (κ2) is 7.82. The van der Waals surface area contributed by atoms with E-state index in [1.54, 1.807) is 31.2 Å². The van der Waals surface area contributed by atoms with Crippen molar-refractivity contribution in [2.45, 2.75) is 26.8 Å². The van der Waals surface area contributed by atoms with Crippen molar-refractivity contribution in [2.24, 2.45) is 0 Å². The summed E-state index contributed by atoms with van der Waals surface area (Å²) < 4.78 is 6.88. The smallest absolute Gasteiger partial charge is 0.338 e. The number of rotatable bonds is 6. The summed E-state index contributed by atoms with van der Waals surface area (Å²) in [6, 6.07) is 14.4. The predicted octanol–water partition coefficient (Wildman–Crippen LogP) is 3.41. The van der Waals surface area contributed by atoms with Crippen LogP contribution in [0, 0.1) is 0 Å². The van der Waals surface area contributed by atoms with Gasteiger partial charge < -0.3 is 14.6 Å². The lowest BCUT2D eigenvalue weighted by Gasteiger charge is -2.10. The first-order valence-electron chi connectivity index (χ1n) is 8.63. The number of para-hydroxylation sites is 2. The van der Waals surface area contributed by atoms with E-state index in [1.165, 1.54) is 0 Å². The molecular formula is C20H21N3O3. The van der Waals surface area contributed by atoms with Crippen LogP contribution in [0.3, 0.4) is 0 Å². The zero-order chi connectivity index (χ0) is 18.5. The molecule has 0 fully saturated rings. The molecule has 0 saturated carbocycles. The van der Waals surface area contributed by atoms with Crippen molar-refractivity contribution in [1.29, 1.82) is 0 Å². The number of hydrogen-bond donors (Lipinski definition) is 1. The number of esters is 1. The van der Waals surface area contributed by atoms with Crippen molar-refractivity contribution in [1.82, 2.24) is 9.55 Å². The van der Waals surface area contributed by atoms with E-state index in [1.807, 2.05) is 35.8 Å². The molecule has 1 aromatic heterocycles. The summed E-state index contributed by atoms with van der Waals surface area (Å²) in [6.07, 6.45) is 0.746. The Labute approximate surface area is 151 Å². The number of hydrogen-bond acceptors (Lipinski definition) is 4. The Bertz CT molecular complexity index is 929. The zero-order valence-electron chi connectivity index (χ0n) is 14.9. The van der Waals surface area contributed by atoms with Gasteiger partial charge in [-0.25, -0.2) is 9.78 Å². The Hall–Kier alpha value is -3.15. The second-order valence-corrected chi connectivity index (χ2v) is 5.80. The van der Waals surface area contributed by atoms with E-state index in [0.717, 1.165) is 23.3 Å². The molecule has 0 atom stereocenters. The van der Waals surface area contributed by atoms with Crippen LogP contribution in [0.2, 0.25) is 0 Å². The number of amides is 1. The molecule has 0 radical (unpaired) electrons. The Balaban J connectivity index is 1.72. The maximum Gasteiger partial charge on any atom is 0.338 e. The lowest BCUT2D eigenvalue weighted by molar-refractivity contribution is -0.116. The van der Waals surface area contributed by atoms with Gasteiger partial charge in [-0.05, 0) is 43.3 Å². The average molecular weight is 351 g/mol. The van der Waals surface area contributed by atoms with Gasteiger partial charge in [0, 0.05) is 12.1 Å². The van der Waals surface area contributed by atoms with Crippen LogP contribution in [-0.2, 0) is 22.5 Å². The Morgan fingerprint density at radius 3 is 2.50 bits per heavy atom. The molecule has 26 heavy (non-hydrogen) atoms. The number of fused-ring (bicyclic) bond motifs is 1. The van der Waals surface area contributed by atoms with Gasteiger partial charge in [-0.15, -0.1) is 0 Å². The molecule has 6 heteroatoms. The van der Waals surface area contributed by atoms with E-state index < -0.39 is 0 Å². The van der Waals surface area contributed by atoms with Crippen LogP contribution < -0.4 is 5.32 Å². The third kappa shape index (κ3) is 3.74. The molecule has 134 valence electrons. The van der Waals surface area contributed by atoms with Gasteiger partial charge >= 0.3 is 5.97 Å². The quantitative estimate of drug-likeness (QED) is 0.691. The first-order valence-corrected chi connectivity index (χ1v) is 8.63. The summed E-state index contributed by atoms with van der Waals surface area (Å²) in [4.78, 5) is 28.7. The van der Waals surface area contributed by atoms with E-state index >= 15 is 0 Å². The fourth-order valence-corrected chi connectivity index (χ4v) is 2.82. The van der Waals surface area contributed by atoms with E-state index in [2.05, 4.69) is 10.3 Å². The van der Waals surface area contributed by atoms with E-state index in [9.17, 15) is 9.59 Å². The molecule has 6 nitrogen and oxygen atoms in total. The highest BCUT2D eigenvalue weighted by molar-refractivity contribution is 5.93. The van der Waals surface area contributed by atoms with Crippen LogP contribution >= 0.6 is 0 Å². The Morgan fingerprint density at radius 1 is 1.08 bits per heavy atom. The Morgan fingerprint density at radius 2 is 1.81 bits per heavy atom. The molecule has 3 aromatic rings. The molecule has 0 spiro atoms. The van der Waals surface area contributed by atoms with E-state index in [0.29, 0.717) is 17.9 Å². The first-order chi connectivity index (χ1) is 12.6. The van der Waals surface area contributed by atoms with Crippen molar-refractivity contribution in [2.75, 3.05) is 11.9 Å². The molecule has 0 aliphatic heterocycles. The highest BCUT2D eigenvalue weighted by Gasteiger charge is 2.13. The van der Waals surface area contributed by atoms with Crippen molar-refractivity contribution in [3.8, 4) is 0 Å². The first kappa shape index (κ1) is 17.7. The van der Waals surface area contributed by atoms with Gasteiger partial charge in [-0.3, -0.25) is 4.79 Å². The van der Waals surface area contributed by atoms with Gasteiger partial charge in [-0.1, -0.05) is 19.1 Å². The summed E-state index contributed by atoms with van der Waals surface area (Å²) in [6.45, 7) is 4.29. The number of aryl methyl sites for hydroxylation is 1. The average Bonchev–Trinajstić information content (AvgIpc) is 3.00. The van der Waals surface area contributed by atoms with Crippen LogP contribution in [-0.4, -0.2) is 28.0 Å². The zero-order valence-corrected chi connectivity index (χ0v) is 14.9. The highest BCUT2D eigenvalue weighted by atomic mass is 16.5. The molecule has 0 bridgehead atoms. The monoisotopic (exact) mass is 351 g/mol. The number of nitrogens with zero attached hydrogens (tertiary/aromatic N) is 2. The molecule has 0 aliphatic rings. The summed E-state index contributed by atoms with van der Waals surface area (Å²) in [7, 11) is 0. The third-order valence-corrected chi connectivity index (χ3v) is 4.03. The summed E-state index contributed by atoms with van der Waals surface area (Å²) >= 11 is 0. The molecule has 0 unspecified atom stereocenters. The number of ether oxygens (including phenoxy) is 1. The maximum atomic E-state index is 12.5. The fraction of sp³-hybridized carbons (Fsp3) is 0.250. The number of anilines is 1. The van der Waals surface area contributed by atoms with Gasteiger partial charge in [0.1, 0.15) is 12.4 Å². The molecule has 1 N–H and O–H groups in total. The number of carbonyl (C=O) groups excluding carboxylic acids is 2. The second-order valence-electron chi connectivity index (χ2n) is 5.80. The van der Waals surface area contributed by atoms with Crippen LogP contribution in [0.4, 0.5) is 5.69 Å². The molecule has 0 saturated heterocycles. The van der Waals surface area contributed by atoms with Crippen LogP contribution in [0.15, 0.2) is 48.5 Å². The van der Waals surface area contributed by atoms with Crippen LogP contribution in [0.5, 0.6) is 0 Å². The largest absolute Gasteiger partial charge is 0.462 e. The summed E-state index contributed by atoms with van der Waals surface area (Å²) in [5, 5.41) is 2.85. The molecule has 3 rings (SSSR count). The minimum Gasteiger partial charge on any atom is -0.462 e. The molecule has 0 aliphatic carbocycles. The Kier molecular flexibility index (Phi) is 5.31. The van der Waals surface area contributed by atoms with Gasteiger partial charge in [-0.2, -0.15) is 0 Å². The van der Waals surface area contributed by atoms with E-state index in [4.69, 9.17) is 4.74 Å². The highest BCUT2D eigenvalue weighted by Crippen LogP contribution is 2.17. The van der Waals surface area contributed by atoms with Crippen molar-refractivity contribution in [3.63, 3.8) is 0 Å². The number of aromatic nitrogens is 2. The van der Waals surface area contributed by atoms with Crippen molar-refractivity contribution < 1.29 is 14.3 Å². The van der Waals surface area contributed by atoms with Gasteiger partial charge in [0.25, 0.3) is 0 Å². The minimum absolute atomic E-state index is 0.147. The number of benzene rings is 2. The predicted molar refractivity (Wildman–Crippen MR) is 100 cm³/mol. The van der Waals surface area contributed by atoms with Crippen molar-refractivity contribution in [3.05, 3.63) is 59.9 Å². The number of imidazole rings is 1. The minimum atomic E-state index is -0.372. The van der Waals surface area contributed by atoms with Gasteiger partial charge in [0.05, 0.1) is 23.2 Å². The van der Waals surface area contributed by atoms with Crippen molar-refractivity contribution >= 4 is 28.6 Å². The van der Waals surface area contributed by atoms with Gasteiger partial charge in [0.15, 0.2) is 0 Å².